The molecule has 1 rings (SSSR count). The second kappa shape index (κ2) is 5.13. The predicted octanol–water partition coefficient (Wildman–Crippen LogP) is 2.44. The van der Waals surface area contributed by atoms with Gasteiger partial charge in [0, 0.05) is 12.6 Å². The van der Waals surface area contributed by atoms with E-state index in [9.17, 15) is 0 Å². The third kappa shape index (κ3) is 3.25. The van der Waals surface area contributed by atoms with Crippen molar-refractivity contribution in [2.75, 3.05) is 19.8 Å². The standard InChI is InChI=1S/C12H25NO/c1-5-7-13-11(9-14-6-2)10-8-12(10,3)4/h10-11,13H,5-9H2,1-4H3. The van der Waals surface area contributed by atoms with Crippen molar-refractivity contribution in [3.63, 3.8) is 0 Å². The average Bonchev–Trinajstić information content (AvgIpc) is 2.75. The third-order valence-electron chi connectivity index (χ3n) is 3.23. The van der Waals surface area contributed by atoms with Gasteiger partial charge >= 0.3 is 0 Å². The van der Waals surface area contributed by atoms with E-state index in [0.717, 1.165) is 25.7 Å². The van der Waals surface area contributed by atoms with Gasteiger partial charge in [0.2, 0.25) is 0 Å². The van der Waals surface area contributed by atoms with Gasteiger partial charge in [-0.2, -0.15) is 0 Å². The Labute approximate surface area is 88.4 Å². The van der Waals surface area contributed by atoms with Gasteiger partial charge in [0.05, 0.1) is 6.61 Å². The van der Waals surface area contributed by atoms with Gasteiger partial charge in [0.15, 0.2) is 0 Å². The van der Waals surface area contributed by atoms with Gasteiger partial charge in [0.25, 0.3) is 0 Å². The van der Waals surface area contributed by atoms with Gasteiger partial charge in [-0.1, -0.05) is 20.8 Å². The molecule has 0 bridgehead atoms. The van der Waals surface area contributed by atoms with Crippen molar-refractivity contribution in [2.45, 2.75) is 46.6 Å². The molecule has 1 N–H and O–H groups in total. The first-order valence-corrected chi connectivity index (χ1v) is 5.93. The van der Waals surface area contributed by atoms with E-state index in [1.165, 1.54) is 12.8 Å². The first-order valence-electron chi connectivity index (χ1n) is 5.93. The molecule has 84 valence electrons. The lowest BCUT2D eigenvalue weighted by atomic mass is 10.0. The molecule has 1 fully saturated rings. The second-order valence-electron chi connectivity index (χ2n) is 5.02. The Morgan fingerprint density at radius 2 is 2.07 bits per heavy atom. The zero-order chi connectivity index (χ0) is 10.6. The molecule has 2 heteroatoms. The normalized spacial score (nSPS) is 26.1. The monoisotopic (exact) mass is 199 g/mol. The fourth-order valence-electron chi connectivity index (χ4n) is 2.09. The molecule has 0 spiro atoms. The van der Waals surface area contributed by atoms with E-state index >= 15 is 0 Å². The zero-order valence-corrected chi connectivity index (χ0v) is 10.1. The molecule has 0 aromatic heterocycles. The van der Waals surface area contributed by atoms with Crippen molar-refractivity contribution in [3.05, 3.63) is 0 Å². The van der Waals surface area contributed by atoms with Gasteiger partial charge in [-0.3, -0.25) is 0 Å². The first-order chi connectivity index (χ1) is 6.61. The number of ether oxygens (including phenoxy) is 1. The van der Waals surface area contributed by atoms with E-state index in [1.54, 1.807) is 0 Å². The van der Waals surface area contributed by atoms with E-state index in [4.69, 9.17) is 4.74 Å². The molecular weight excluding hydrogens is 174 g/mol. The van der Waals surface area contributed by atoms with Crippen LogP contribution in [0.2, 0.25) is 0 Å². The van der Waals surface area contributed by atoms with Gasteiger partial charge < -0.3 is 10.1 Å². The summed E-state index contributed by atoms with van der Waals surface area (Å²) < 4.78 is 5.52. The molecule has 0 aromatic carbocycles. The first kappa shape index (κ1) is 12.0. The highest BCUT2D eigenvalue weighted by Gasteiger charge is 2.49. The Kier molecular flexibility index (Phi) is 4.39. The van der Waals surface area contributed by atoms with Crippen LogP contribution in [0.25, 0.3) is 0 Å². The Balaban J connectivity index is 2.30. The van der Waals surface area contributed by atoms with Crippen LogP contribution < -0.4 is 5.32 Å². The summed E-state index contributed by atoms with van der Waals surface area (Å²) in [5, 5.41) is 3.60. The molecule has 0 radical (unpaired) electrons. The van der Waals surface area contributed by atoms with Crippen LogP contribution in [0.3, 0.4) is 0 Å². The SMILES string of the molecule is CCCNC(COCC)C1CC1(C)C. The lowest BCUT2D eigenvalue weighted by molar-refractivity contribution is 0.112. The third-order valence-corrected chi connectivity index (χ3v) is 3.23. The smallest absolute Gasteiger partial charge is 0.0622 e. The zero-order valence-electron chi connectivity index (χ0n) is 10.1. The van der Waals surface area contributed by atoms with E-state index in [-0.39, 0.29) is 0 Å². The average molecular weight is 199 g/mol. The van der Waals surface area contributed by atoms with Crippen LogP contribution in [0.5, 0.6) is 0 Å². The Hall–Kier alpha value is -0.0800. The summed E-state index contributed by atoms with van der Waals surface area (Å²) in [6.07, 6.45) is 2.55. The van der Waals surface area contributed by atoms with Gasteiger partial charge in [-0.15, -0.1) is 0 Å². The van der Waals surface area contributed by atoms with Gasteiger partial charge in [-0.25, -0.2) is 0 Å². The molecule has 1 aliphatic carbocycles. The van der Waals surface area contributed by atoms with Crippen LogP contribution in [-0.4, -0.2) is 25.8 Å². The molecule has 2 nitrogen and oxygen atoms in total. The highest BCUT2D eigenvalue weighted by molar-refractivity contribution is 5.01. The summed E-state index contributed by atoms with van der Waals surface area (Å²) in [5.41, 5.74) is 0.544. The van der Waals surface area contributed by atoms with Crippen LogP contribution >= 0.6 is 0 Å². The number of nitrogens with one attached hydrogen (secondary N) is 1. The minimum Gasteiger partial charge on any atom is -0.380 e. The minimum atomic E-state index is 0.544. The van der Waals surface area contributed by atoms with Crippen LogP contribution in [0.1, 0.15) is 40.5 Å². The molecule has 0 aromatic rings. The maximum absolute atomic E-state index is 5.52. The lowest BCUT2D eigenvalue weighted by Gasteiger charge is -2.19. The fourth-order valence-corrected chi connectivity index (χ4v) is 2.09. The summed E-state index contributed by atoms with van der Waals surface area (Å²) >= 11 is 0. The van der Waals surface area contributed by atoms with Gasteiger partial charge in [0.1, 0.15) is 0 Å². The van der Waals surface area contributed by atoms with Crippen LogP contribution in [-0.2, 0) is 4.74 Å². The number of hydrogen-bond donors (Lipinski definition) is 1. The van der Waals surface area contributed by atoms with Crippen molar-refractivity contribution < 1.29 is 4.74 Å². The summed E-state index contributed by atoms with van der Waals surface area (Å²) in [6.45, 7) is 11.8. The molecule has 14 heavy (non-hydrogen) atoms. The van der Waals surface area contributed by atoms with Crippen molar-refractivity contribution in [1.82, 2.24) is 5.32 Å². The van der Waals surface area contributed by atoms with E-state index in [2.05, 4.69) is 33.0 Å². The molecule has 2 unspecified atom stereocenters. The summed E-state index contributed by atoms with van der Waals surface area (Å²) in [5.74, 6) is 0.820. The fraction of sp³-hybridized carbons (Fsp3) is 1.00. The molecule has 0 heterocycles. The predicted molar refractivity (Wildman–Crippen MR) is 60.5 cm³/mol. The molecule has 1 saturated carbocycles. The Morgan fingerprint density at radius 3 is 2.50 bits per heavy atom. The Morgan fingerprint density at radius 1 is 1.43 bits per heavy atom. The molecular formula is C12H25NO. The van der Waals surface area contributed by atoms with Crippen molar-refractivity contribution >= 4 is 0 Å². The number of rotatable bonds is 7. The summed E-state index contributed by atoms with van der Waals surface area (Å²) in [4.78, 5) is 0. The maximum atomic E-state index is 5.52. The summed E-state index contributed by atoms with van der Waals surface area (Å²) in [6, 6.07) is 0.574. The lowest BCUT2D eigenvalue weighted by Crippen LogP contribution is -2.37. The molecule has 0 amide bonds. The highest BCUT2D eigenvalue weighted by atomic mass is 16.5. The van der Waals surface area contributed by atoms with Crippen molar-refractivity contribution in [3.8, 4) is 0 Å². The van der Waals surface area contributed by atoms with Gasteiger partial charge in [-0.05, 0) is 37.6 Å². The van der Waals surface area contributed by atoms with Crippen molar-refractivity contribution in [2.24, 2.45) is 11.3 Å². The van der Waals surface area contributed by atoms with Crippen LogP contribution in [0, 0.1) is 11.3 Å². The largest absolute Gasteiger partial charge is 0.380 e. The second-order valence-corrected chi connectivity index (χ2v) is 5.02. The molecule has 1 aliphatic rings. The Bertz CT molecular complexity index is 160. The topological polar surface area (TPSA) is 21.3 Å². The van der Waals surface area contributed by atoms with Crippen LogP contribution in [0.15, 0.2) is 0 Å². The maximum Gasteiger partial charge on any atom is 0.0622 e. The van der Waals surface area contributed by atoms with Crippen molar-refractivity contribution in [1.29, 1.82) is 0 Å². The van der Waals surface area contributed by atoms with E-state index < -0.39 is 0 Å². The number of hydrogen-bond acceptors (Lipinski definition) is 2. The molecule has 0 saturated heterocycles. The molecule has 2 atom stereocenters. The van der Waals surface area contributed by atoms with E-state index in [1.807, 2.05) is 0 Å². The minimum absolute atomic E-state index is 0.544. The van der Waals surface area contributed by atoms with E-state index in [0.29, 0.717) is 11.5 Å². The summed E-state index contributed by atoms with van der Waals surface area (Å²) in [7, 11) is 0. The van der Waals surface area contributed by atoms with Crippen LogP contribution in [0.4, 0.5) is 0 Å². The quantitative estimate of drug-likeness (QED) is 0.680. The highest BCUT2D eigenvalue weighted by Crippen LogP contribution is 2.53. The molecule has 0 aliphatic heterocycles.